The second kappa shape index (κ2) is 17.0. The van der Waals surface area contributed by atoms with Gasteiger partial charge in [0.05, 0.1) is 5.02 Å². The molecule has 0 aromatic heterocycles. The fourth-order valence-corrected chi connectivity index (χ4v) is 4.63. The van der Waals surface area contributed by atoms with Gasteiger partial charge in [-0.05, 0) is 75.1 Å². The fraction of sp³-hybridized carbons (Fsp3) is 0.333. The van der Waals surface area contributed by atoms with E-state index in [1.165, 1.54) is 6.07 Å². The van der Waals surface area contributed by atoms with Gasteiger partial charge in [-0.2, -0.15) is 0 Å². The van der Waals surface area contributed by atoms with E-state index in [2.05, 4.69) is 22.7 Å². The number of hydrogen-bond donors (Lipinski definition) is 2. The highest BCUT2D eigenvalue weighted by Gasteiger charge is 2.43. The van der Waals surface area contributed by atoms with Crippen molar-refractivity contribution in [2.75, 3.05) is 18.2 Å². The van der Waals surface area contributed by atoms with E-state index in [-0.39, 0.29) is 23.4 Å². The minimum atomic E-state index is -0.639. The third-order valence-electron chi connectivity index (χ3n) is 6.31. The zero-order valence-electron chi connectivity index (χ0n) is 24.3. The third-order valence-corrected chi connectivity index (χ3v) is 6.60. The molecule has 2 aromatic carbocycles. The van der Waals surface area contributed by atoms with Crippen molar-refractivity contribution in [1.29, 1.82) is 5.41 Å². The van der Waals surface area contributed by atoms with Gasteiger partial charge < -0.3 is 14.7 Å². The number of fused-ring (bicyclic) bond motifs is 1. The molecule has 0 spiro atoms. The number of anilines is 1. The number of phenolic OH excluding ortho intramolecular Hbond substituents is 1. The smallest absolute Gasteiger partial charge is 0.210 e. The molecule has 0 radical (unpaired) electrons. The fourth-order valence-electron chi connectivity index (χ4n) is 4.44. The Morgan fingerprint density at radius 2 is 1.93 bits per heavy atom. The Balaban J connectivity index is 0.00000191. The van der Waals surface area contributed by atoms with Crippen LogP contribution in [-0.4, -0.2) is 30.5 Å². The number of likely N-dealkylation sites (N-methyl/N-ethyl adjacent to an activating group) is 1. The van der Waals surface area contributed by atoms with Crippen molar-refractivity contribution in [3.05, 3.63) is 93.9 Å². The van der Waals surface area contributed by atoms with E-state index in [1.807, 2.05) is 71.9 Å². The Bertz CT molecular complexity index is 1280. The summed E-state index contributed by atoms with van der Waals surface area (Å²) >= 11 is 6.06. The summed E-state index contributed by atoms with van der Waals surface area (Å²) in [5, 5.41) is 18.4. The van der Waals surface area contributed by atoms with Crippen molar-refractivity contribution in [2.24, 2.45) is 4.99 Å². The second-order valence-corrected chi connectivity index (χ2v) is 9.25. The van der Waals surface area contributed by atoms with Gasteiger partial charge in [0.2, 0.25) is 5.90 Å². The van der Waals surface area contributed by atoms with Crippen LogP contribution in [0.3, 0.4) is 0 Å². The number of terminal acetylenes is 1. The molecule has 2 N–H and O–H groups in total. The molecule has 0 aliphatic carbocycles. The topological polar surface area (TPSA) is 68.9 Å². The lowest BCUT2D eigenvalue weighted by molar-refractivity contribution is 0.316. The lowest BCUT2D eigenvalue weighted by Gasteiger charge is -2.30. The lowest BCUT2D eigenvalue weighted by Crippen LogP contribution is -2.31. The summed E-state index contributed by atoms with van der Waals surface area (Å²) in [4.78, 5) is 6.46. The first-order valence-corrected chi connectivity index (χ1v) is 13.7. The highest BCUT2D eigenvalue weighted by molar-refractivity contribution is 6.30. The highest BCUT2D eigenvalue weighted by atomic mass is 35.5. The second-order valence-electron chi connectivity index (χ2n) is 8.84. The van der Waals surface area contributed by atoms with E-state index in [1.54, 1.807) is 30.5 Å². The molecule has 1 heterocycles. The number of nitrogens with one attached hydrogen (secondary N) is 1. The number of benzene rings is 2. The minimum Gasteiger partial charge on any atom is -0.508 e. The van der Waals surface area contributed by atoms with Crippen LogP contribution in [0.1, 0.15) is 59.1 Å². The van der Waals surface area contributed by atoms with Crippen molar-refractivity contribution < 1.29 is 14.2 Å². The summed E-state index contributed by atoms with van der Waals surface area (Å²) < 4.78 is 20.3. The van der Waals surface area contributed by atoms with Crippen LogP contribution in [0.25, 0.3) is 0 Å². The van der Waals surface area contributed by atoms with Crippen LogP contribution < -0.4 is 4.90 Å². The molecule has 0 saturated heterocycles. The summed E-state index contributed by atoms with van der Waals surface area (Å²) in [6.45, 7) is 12.6. The standard InChI is InChI=1S/C29H33ClFN3O2.C2H6.C2H2/c1-5-7-8-10-20(3)28(32)36-19-33-16-15-26-29(4,18-21-11-9-12-24(30)27(21)31)23-17-22(35)13-14-25(23)34(26)6-2;2*1-2/h7-17,32,35H,5-6,18-19H2,1-4H3;1-2H3;1-2H/b8-7?,20-10+,26-15-,32-28?,33-16-;;. The van der Waals surface area contributed by atoms with Crippen LogP contribution in [0, 0.1) is 24.1 Å². The molecule has 214 valence electrons. The molecule has 3 rings (SSSR count). The number of rotatable bonds is 9. The van der Waals surface area contributed by atoms with Crippen molar-refractivity contribution >= 4 is 29.4 Å². The maximum absolute atomic E-state index is 14.9. The predicted molar refractivity (Wildman–Crippen MR) is 168 cm³/mol. The first-order chi connectivity index (χ1) is 19.2. The first kappa shape index (κ1) is 34.2. The molecular weight excluding hydrogens is 525 g/mol. The van der Waals surface area contributed by atoms with Crippen molar-refractivity contribution in [3.8, 4) is 18.6 Å². The predicted octanol–water partition coefficient (Wildman–Crippen LogP) is 8.62. The average Bonchev–Trinajstić information content (AvgIpc) is 3.19. The lowest BCUT2D eigenvalue weighted by atomic mass is 9.76. The van der Waals surface area contributed by atoms with Gasteiger partial charge in [-0.1, -0.05) is 62.7 Å². The van der Waals surface area contributed by atoms with Crippen molar-refractivity contribution in [1.82, 2.24) is 0 Å². The van der Waals surface area contributed by atoms with E-state index >= 15 is 0 Å². The molecule has 5 nitrogen and oxygen atoms in total. The normalized spacial score (nSPS) is 17.3. The molecule has 1 atom stereocenters. The Labute approximate surface area is 244 Å². The van der Waals surface area contributed by atoms with Gasteiger partial charge in [0.25, 0.3) is 0 Å². The number of ether oxygens (including phenoxy) is 1. The Hall–Kier alpha value is -3.82. The average molecular weight is 566 g/mol. The molecule has 0 saturated carbocycles. The monoisotopic (exact) mass is 565 g/mol. The molecule has 0 bridgehead atoms. The van der Waals surface area contributed by atoms with Gasteiger partial charge in [0, 0.05) is 35.1 Å². The molecule has 7 heteroatoms. The van der Waals surface area contributed by atoms with Gasteiger partial charge >= 0.3 is 0 Å². The molecule has 40 heavy (non-hydrogen) atoms. The quantitative estimate of drug-likeness (QED) is 0.138. The first-order valence-electron chi connectivity index (χ1n) is 13.4. The SMILES string of the molecule is C#C.CC.CCC=C/C=C(\C)C(=N)OC/N=C\C=C1/N(CC)c2ccc(O)cc2C1(C)Cc1cccc(Cl)c1F. The van der Waals surface area contributed by atoms with Crippen LogP contribution in [0.5, 0.6) is 5.75 Å². The van der Waals surface area contributed by atoms with E-state index < -0.39 is 11.2 Å². The van der Waals surface area contributed by atoms with Crippen LogP contribution in [0.4, 0.5) is 10.1 Å². The zero-order valence-corrected chi connectivity index (χ0v) is 25.1. The third kappa shape index (κ3) is 8.34. The number of aromatic hydroxyl groups is 1. The minimum absolute atomic E-state index is 0.00474. The summed E-state index contributed by atoms with van der Waals surface area (Å²) in [6.07, 6.45) is 18.6. The van der Waals surface area contributed by atoms with Crippen molar-refractivity contribution in [3.63, 3.8) is 0 Å². The molecule has 0 fully saturated rings. The number of hydrogen-bond acceptors (Lipinski definition) is 5. The zero-order chi connectivity index (χ0) is 30.3. The van der Waals surface area contributed by atoms with Crippen molar-refractivity contribution in [2.45, 2.75) is 59.8 Å². The van der Waals surface area contributed by atoms with Gasteiger partial charge in [-0.15, -0.1) is 12.8 Å². The molecule has 1 aliphatic heterocycles. The van der Waals surface area contributed by atoms with E-state index in [4.69, 9.17) is 21.7 Å². The van der Waals surface area contributed by atoms with Crippen LogP contribution >= 0.6 is 11.6 Å². The number of phenols is 1. The van der Waals surface area contributed by atoms with E-state index in [0.29, 0.717) is 24.1 Å². The summed E-state index contributed by atoms with van der Waals surface area (Å²) in [6, 6.07) is 10.3. The molecule has 1 aliphatic rings. The van der Waals surface area contributed by atoms with Gasteiger partial charge in [0.15, 0.2) is 6.73 Å². The van der Waals surface area contributed by atoms with Gasteiger partial charge in [-0.25, -0.2) is 4.39 Å². The van der Waals surface area contributed by atoms with Crippen LogP contribution in [0.2, 0.25) is 5.02 Å². The summed E-state index contributed by atoms with van der Waals surface area (Å²) in [5.41, 5.74) is 3.36. The van der Waals surface area contributed by atoms with E-state index in [9.17, 15) is 9.50 Å². The number of halogens is 2. The number of aliphatic imine (C=N–C) groups is 1. The van der Waals surface area contributed by atoms with Crippen LogP contribution in [-0.2, 0) is 16.6 Å². The summed E-state index contributed by atoms with van der Waals surface area (Å²) in [5.74, 6) is -0.212. The Morgan fingerprint density at radius 3 is 2.58 bits per heavy atom. The summed E-state index contributed by atoms with van der Waals surface area (Å²) in [7, 11) is 0. The number of nitrogens with zero attached hydrogens (tertiary/aromatic N) is 2. The molecule has 2 aromatic rings. The maximum Gasteiger partial charge on any atom is 0.210 e. The molecular formula is C33H41ClFN3O2. The highest BCUT2D eigenvalue weighted by Crippen LogP contribution is 2.50. The molecule has 0 amide bonds. The Kier molecular flexibility index (Phi) is 14.5. The van der Waals surface area contributed by atoms with Gasteiger partial charge in [-0.3, -0.25) is 10.4 Å². The molecule has 1 unspecified atom stereocenters. The largest absolute Gasteiger partial charge is 0.508 e. The van der Waals surface area contributed by atoms with Gasteiger partial charge in [0.1, 0.15) is 11.6 Å². The maximum atomic E-state index is 14.9. The van der Waals surface area contributed by atoms with E-state index in [0.717, 1.165) is 23.4 Å². The Morgan fingerprint density at radius 1 is 1.23 bits per heavy atom. The number of allylic oxidation sites excluding steroid dienone is 5. The van der Waals surface area contributed by atoms with Crippen LogP contribution in [0.15, 0.2) is 77.0 Å².